The molecule has 0 saturated heterocycles. The smallest absolute Gasteiger partial charge is 0.135 e. The zero-order valence-corrected chi connectivity index (χ0v) is 10.5. The van der Waals surface area contributed by atoms with Gasteiger partial charge in [0, 0.05) is 12.1 Å². The van der Waals surface area contributed by atoms with Crippen LogP contribution in [0.2, 0.25) is 5.02 Å². The normalized spacial score (nSPS) is 14.3. The maximum absolute atomic E-state index is 6.09. The summed E-state index contributed by atoms with van der Waals surface area (Å²) in [7, 11) is 0. The van der Waals surface area contributed by atoms with Gasteiger partial charge in [0.25, 0.3) is 0 Å². The fraction of sp³-hybridized carbons (Fsp3) is 0.231. The van der Waals surface area contributed by atoms with Gasteiger partial charge in [0.1, 0.15) is 18.0 Å². The maximum Gasteiger partial charge on any atom is 0.135 e. The molecule has 5 heteroatoms. The van der Waals surface area contributed by atoms with Crippen LogP contribution in [0.5, 0.6) is 0 Å². The topological polar surface area (TPSA) is 49.8 Å². The Labute approximate surface area is 110 Å². The van der Waals surface area contributed by atoms with Gasteiger partial charge in [-0.1, -0.05) is 23.7 Å². The summed E-state index contributed by atoms with van der Waals surface area (Å²) in [4.78, 5) is 8.37. The van der Waals surface area contributed by atoms with E-state index in [4.69, 9.17) is 11.6 Å². The first kappa shape index (κ1) is 11.3. The van der Waals surface area contributed by atoms with E-state index in [9.17, 15) is 0 Å². The number of anilines is 3. The predicted molar refractivity (Wildman–Crippen MR) is 73.4 cm³/mol. The van der Waals surface area contributed by atoms with Crippen molar-refractivity contribution in [1.29, 1.82) is 0 Å². The molecule has 1 aliphatic rings. The minimum absolute atomic E-state index is 0.577. The zero-order valence-electron chi connectivity index (χ0n) is 9.73. The summed E-state index contributed by atoms with van der Waals surface area (Å²) in [5.74, 6) is 1.59. The Morgan fingerprint density at radius 2 is 1.89 bits per heavy atom. The van der Waals surface area contributed by atoms with E-state index < -0.39 is 0 Å². The number of aromatic nitrogens is 2. The number of nitrogens with one attached hydrogen (secondary N) is 2. The van der Waals surface area contributed by atoms with Crippen molar-refractivity contribution in [1.82, 2.24) is 9.97 Å². The lowest BCUT2D eigenvalue weighted by Crippen LogP contribution is -2.04. The first-order valence-corrected chi connectivity index (χ1v) is 6.29. The second-order valence-corrected chi connectivity index (χ2v) is 4.72. The molecule has 1 saturated carbocycles. The van der Waals surface area contributed by atoms with Gasteiger partial charge in [-0.25, -0.2) is 9.97 Å². The Morgan fingerprint density at radius 3 is 2.67 bits per heavy atom. The molecule has 1 heterocycles. The highest BCUT2D eigenvalue weighted by molar-refractivity contribution is 6.33. The molecule has 1 fully saturated rings. The van der Waals surface area contributed by atoms with Crippen molar-refractivity contribution in [3.63, 3.8) is 0 Å². The first-order valence-electron chi connectivity index (χ1n) is 5.91. The van der Waals surface area contributed by atoms with Crippen LogP contribution in [0.15, 0.2) is 36.7 Å². The standard InChI is InChI=1S/C13H13ClN4/c14-10-3-1-2-4-11(10)18-13-7-12(15-8-16-13)17-9-5-6-9/h1-4,7-9H,5-6H2,(H2,15,16,17,18). The Morgan fingerprint density at radius 1 is 1.11 bits per heavy atom. The number of rotatable bonds is 4. The van der Waals surface area contributed by atoms with Crippen LogP contribution in [0.4, 0.5) is 17.3 Å². The monoisotopic (exact) mass is 260 g/mol. The van der Waals surface area contributed by atoms with Crippen molar-refractivity contribution in [3.8, 4) is 0 Å². The van der Waals surface area contributed by atoms with Crippen molar-refractivity contribution in [2.75, 3.05) is 10.6 Å². The van der Waals surface area contributed by atoms with Gasteiger partial charge in [-0.3, -0.25) is 0 Å². The quantitative estimate of drug-likeness (QED) is 0.884. The van der Waals surface area contributed by atoms with E-state index in [1.165, 1.54) is 12.8 Å². The van der Waals surface area contributed by atoms with E-state index in [2.05, 4.69) is 20.6 Å². The van der Waals surface area contributed by atoms with Crippen molar-refractivity contribution >= 4 is 28.9 Å². The van der Waals surface area contributed by atoms with Crippen LogP contribution in [0.25, 0.3) is 0 Å². The number of hydrogen-bond donors (Lipinski definition) is 2. The van der Waals surface area contributed by atoms with Gasteiger partial charge in [-0.2, -0.15) is 0 Å². The first-order chi connectivity index (χ1) is 8.81. The summed E-state index contributed by atoms with van der Waals surface area (Å²) in [6, 6.07) is 10.0. The van der Waals surface area contributed by atoms with E-state index in [1.807, 2.05) is 30.3 Å². The molecule has 2 N–H and O–H groups in total. The van der Waals surface area contributed by atoms with Crippen LogP contribution in [-0.4, -0.2) is 16.0 Å². The van der Waals surface area contributed by atoms with Crippen molar-refractivity contribution in [3.05, 3.63) is 41.7 Å². The lowest BCUT2D eigenvalue weighted by atomic mass is 10.3. The fourth-order valence-corrected chi connectivity index (χ4v) is 1.82. The predicted octanol–water partition coefficient (Wildman–Crippen LogP) is 3.45. The number of hydrogen-bond acceptors (Lipinski definition) is 4. The second kappa shape index (κ2) is 4.82. The summed E-state index contributed by atoms with van der Waals surface area (Å²) in [5, 5.41) is 7.19. The average molecular weight is 261 g/mol. The molecule has 0 aliphatic heterocycles. The number of benzene rings is 1. The second-order valence-electron chi connectivity index (χ2n) is 4.31. The summed E-state index contributed by atoms with van der Waals surface area (Å²) < 4.78 is 0. The van der Waals surface area contributed by atoms with E-state index >= 15 is 0 Å². The SMILES string of the molecule is Clc1ccccc1Nc1cc(NC2CC2)ncn1. The van der Waals surface area contributed by atoms with Gasteiger partial charge in [0.05, 0.1) is 10.7 Å². The Hall–Kier alpha value is -1.81. The van der Waals surface area contributed by atoms with E-state index in [1.54, 1.807) is 6.33 Å². The van der Waals surface area contributed by atoms with Crippen LogP contribution < -0.4 is 10.6 Å². The summed E-state index contributed by atoms with van der Waals surface area (Å²) in [6.07, 6.45) is 3.98. The van der Waals surface area contributed by atoms with Crippen LogP contribution in [0, 0.1) is 0 Å². The Kier molecular flexibility index (Phi) is 3.02. The molecule has 0 bridgehead atoms. The third-order valence-electron chi connectivity index (χ3n) is 2.73. The molecule has 4 nitrogen and oxygen atoms in total. The van der Waals surface area contributed by atoms with Gasteiger partial charge < -0.3 is 10.6 Å². The van der Waals surface area contributed by atoms with Gasteiger partial charge in [0.15, 0.2) is 0 Å². The minimum atomic E-state index is 0.577. The van der Waals surface area contributed by atoms with Crippen LogP contribution >= 0.6 is 11.6 Å². The molecule has 1 aromatic carbocycles. The van der Waals surface area contributed by atoms with Crippen molar-refractivity contribution < 1.29 is 0 Å². The molecule has 92 valence electrons. The molecule has 2 aromatic rings. The summed E-state index contributed by atoms with van der Waals surface area (Å²) >= 11 is 6.09. The van der Waals surface area contributed by atoms with Crippen LogP contribution in [0.1, 0.15) is 12.8 Å². The largest absolute Gasteiger partial charge is 0.367 e. The highest BCUT2D eigenvalue weighted by Crippen LogP contribution is 2.26. The molecular formula is C13H13ClN4. The van der Waals surface area contributed by atoms with Crippen LogP contribution in [0.3, 0.4) is 0 Å². The molecule has 0 unspecified atom stereocenters. The van der Waals surface area contributed by atoms with Gasteiger partial charge in [0.2, 0.25) is 0 Å². The molecule has 0 atom stereocenters. The van der Waals surface area contributed by atoms with Gasteiger partial charge >= 0.3 is 0 Å². The summed E-state index contributed by atoms with van der Waals surface area (Å²) in [6.45, 7) is 0. The fourth-order valence-electron chi connectivity index (χ4n) is 1.64. The lowest BCUT2D eigenvalue weighted by molar-refractivity contribution is 1.08. The van der Waals surface area contributed by atoms with Gasteiger partial charge in [-0.15, -0.1) is 0 Å². The highest BCUT2D eigenvalue weighted by atomic mass is 35.5. The van der Waals surface area contributed by atoms with E-state index in [0.717, 1.165) is 17.3 Å². The summed E-state index contributed by atoms with van der Waals surface area (Å²) in [5.41, 5.74) is 0.843. The third kappa shape index (κ3) is 2.71. The maximum atomic E-state index is 6.09. The minimum Gasteiger partial charge on any atom is -0.367 e. The molecular weight excluding hydrogens is 248 g/mol. The third-order valence-corrected chi connectivity index (χ3v) is 3.06. The average Bonchev–Trinajstić information content (AvgIpc) is 3.17. The highest BCUT2D eigenvalue weighted by Gasteiger charge is 2.21. The number of para-hydroxylation sites is 1. The van der Waals surface area contributed by atoms with Crippen LogP contribution in [-0.2, 0) is 0 Å². The molecule has 0 amide bonds. The molecule has 18 heavy (non-hydrogen) atoms. The lowest BCUT2D eigenvalue weighted by Gasteiger charge is -2.09. The van der Waals surface area contributed by atoms with Crippen molar-refractivity contribution in [2.24, 2.45) is 0 Å². The zero-order chi connectivity index (χ0) is 12.4. The van der Waals surface area contributed by atoms with E-state index in [-0.39, 0.29) is 0 Å². The van der Waals surface area contributed by atoms with Gasteiger partial charge in [-0.05, 0) is 25.0 Å². The Bertz CT molecular complexity index is 554. The van der Waals surface area contributed by atoms with Crippen molar-refractivity contribution in [2.45, 2.75) is 18.9 Å². The molecule has 1 aliphatic carbocycles. The number of halogens is 1. The molecule has 1 aromatic heterocycles. The molecule has 3 rings (SSSR count). The molecule has 0 radical (unpaired) electrons. The Balaban J connectivity index is 1.77. The molecule has 0 spiro atoms. The number of nitrogens with zero attached hydrogens (tertiary/aromatic N) is 2. The van der Waals surface area contributed by atoms with E-state index in [0.29, 0.717) is 11.1 Å².